The van der Waals surface area contributed by atoms with E-state index in [4.69, 9.17) is 0 Å². The molecule has 1 fully saturated rings. The third-order valence-corrected chi connectivity index (χ3v) is 4.52. The first-order valence-corrected chi connectivity index (χ1v) is 8.47. The van der Waals surface area contributed by atoms with Crippen LogP contribution in [0.1, 0.15) is 21.8 Å². The van der Waals surface area contributed by atoms with E-state index in [1.54, 1.807) is 12.1 Å². The Bertz CT molecular complexity index is 858. The molecule has 1 aromatic heterocycles. The first-order valence-electron chi connectivity index (χ1n) is 8.47. The second-order valence-corrected chi connectivity index (χ2v) is 6.46. The number of halogens is 3. The fraction of sp³-hybridized carbons (Fsp3) is 0.316. The summed E-state index contributed by atoms with van der Waals surface area (Å²) in [5, 5.41) is 9.53. The number of ether oxygens (including phenoxy) is 1. The number of aromatic nitrogens is 1. The van der Waals surface area contributed by atoms with Gasteiger partial charge in [0.25, 0.3) is 5.91 Å². The number of pyridine rings is 1. The maximum atomic E-state index is 12.8. The molecule has 0 radical (unpaired) electrons. The van der Waals surface area contributed by atoms with Crippen molar-refractivity contribution in [2.75, 3.05) is 19.7 Å². The van der Waals surface area contributed by atoms with Crippen LogP contribution in [-0.2, 0) is 4.79 Å². The van der Waals surface area contributed by atoms with Crippen molar-refractivity contribution in [3.05, 3.63) is 59.8 Å². The van der Waals surface area contributed by atoms with Crippen LogP contribution < -0.4 is 4.74 Å². The van der Waals surface area contributed by atoms with Gasteiger partial charge in [0.15, 0.2) is 6.61 Å². The molecule has 2 unspecified atom stereocenters. The van der Waals surface area contributed by atoms with Crippen molar-refractivity contribution in [2.45, 2.75) is 12.1 Å². The Kier molecular flexibility index (Phi) is 5.53. The Morgan fingerprint density at radius 1 is 1.18 bits per heavy atom. The van der Waals surface area contributed by atoms with Crippen LogP contribution in [0.25, 0.3) is 0 Å². The Morgan fingerprint density at radius 2 is 1.89 bits per heavy atom. The zero-order valence-electron chi connectivity index (χ0n) is 14.6. The van der Waals surface area contributed by atoms with Crippen LogP contribution in [0.2, 0.25) is 0 Å². The fourth-order valence-electron chi connectivity index (χ4n) is 3.22. The van der Waals surface area contributed by atoms with Gasteiger partial charge in [-0.1, -0.05) is 30.3 Å². The molecule has 6 nitrogen and oxygen atoms in total. The van der Waals surface area contributed by atoms with Crippen LogP contribution in [0.3, 0.4) is 0 Å². The summed E-state index contributed by atoms with van der Waals surface area (Å²) in [5.74, 6) is -2.95. The number of hydrogen-bond acceptors (Lipinski definition) is 4. The smallest absolute Gasteiger partial charge is 0.422 e. The molecule has 9 heteroatoms. The maximum absolute atomic E-state index is 12.8. The van der Waals surface area contributed by atoms with E-state index in [2.05, 4.69) is 9.72 Å². The van der Waals surface area contributed by atoms with Crippen molar-refractivity contribution in [1.82, 2.24) is 9.88 Å². The highest BCUT2D eigenvalue weighted by molar-refractivity contribution is 5.95. The van der Waals surface area contributed by atoms with Crippen LogP contribution in [-0.4, -0.2) is 52.7 Å². The SMILES string of the molecule is O=C(O)C1CN(C(=O)c2ccnc(OCC(F)(F)F)c2)CC1c1ccccc1. The standard InChI is InChI=1S/C19H17F3N2O4/c20-19(21,22)11-28-16-8-13(6-7-23-16)17(25)24-9-14(15(10-24)18(26)27)12-4-2-1-3-5-12/h1-8,14-15H,9-11H2,(H,26,27). The minimum atomic E-state index is -4.52. The van der Waals surface area contributed by atoms with Gasteiger partial charge >= 0.3 is 12.1 Å². The van der Waals surface area contributed by atoms with E-state index in [9.17, 15) is 27.9 Å². The molecule has 2 atom stereocenters. The molecular weight excluding hydrogens is 377 g/mol. The van der Waals surface area contributed by atoms with Crippen molar-refractivity contribution >= 4 is 11.9 Å². The number of alkyl halides is 3. The zero-order chi connectivity index (χ0) is 20.3. The average molecular weight is 394 g/mol. The lowest BCUT2D eigenvalue weighted by molar-refractivity contribution is -0.154. The van der Waals surface area contributed by atoms with Gasteiger partial charge in [-0.2, -0.15) is 13.2 Å². The number of likely N-dealkylation sites (tertiary alicyclic amines) is 1. The van der Waals surface area contributed by atoms with Crippen LogP contribution in [0, 0.1) is 5.92 Å². The molecule has 0 spiro atoms. The van der Waals surface area contributed by atoms with Gasteiger partial charge in [-0.25, -0.2) is 4.98 Å². The number of aliphatic carboxylic acids is 1. The number of carbonyl (C=O) groups is 2. The number of carbonyl (C=O) groups excluding carboxylic acids is 1. The van der Waals surface area contributed by atoms with Crippen molar-refractivity contribution in [1.29, 1.82) is 0 Å². The van der Waals surface area contributed by atoms with E-state index < -0.39 is 30.6 Å². The van der Waals surface area contributed by atoms with Crippen molar-refractivity contribution < 1.29 is 32.6 Å². The lowest BCUT2D eigenvalue weighted by atomic mass is 9.89. The molecule has 2 aromatic rings. The van der Waals surface area contributed by atoms with Crippen molar-refractivity contribution in [3.63, 3.8) is 0 Å². The molecule has 1 N–H and O–H groups in total. The molecule has 3 rings (SSSR count). The molecule has 2 heterocycles. The summed E-state index contributed by atoms with van der Waals surface area (Å²) < 4.78 is 41.4. The largest absolute Gasteiger partial charge is 0.481 e. The van der Waals surface area contributed by atoms with Crippen LogP contribution in [0.4, 0.5) is 13.2 Å². The number of nitrogens with zero attached hydrogens (tertiary/aromatic N) is 2. The van der Waals surface area contributed by atoms with Gasteiger partial charge in [0.05, 0.1) is 5.92 Å². The molecule has 1 aliphatic rings. The zero-order valence-corrected chi connectivity index (χ0v) is 14.6. The summed E-state index contributed by atoms with van der Waals surface area (Å²) in [4.78, 5) is 29.5. The predicted octanol–water partition coefficient (Wildman–Crippen LogP) is 2.96. The quantitative estimate of drug-likeness (QED) is 0.844. The van der Waals surface area contributed by atoms with Crippen molar-refractivity contribution in [2.24, 2.45) is 5.92 Å². The number of hydrogen-bond donors (Lipinski definition) is 1. The molecule has 28 heavy (non-hydrogen) atoms. The second-order valence-electron chi connectivity index (χ2n) is 6.46. The van der Waals surface area contributed by atoms with Crippen LogP contribution >= 0.6 is 0 Å². The second kappa shape index (κ2) is 7.87. The van der Waals surface area contributed by atoms with Gasteiger partial charge in [-0.05, 0) is 11.6 Å². The van der Waals surface area contributed by atoms with E-state index in [0.717, 1.165) is 11.6 Å². The topological polar surface area (TPSA) is 79.7 Å². The molecule has 1 amide bonds. The first-order chi connectivity index (χ1) is 13.2. The van der Waals surface area contributed by atoms with Crippen LogP contribution in [0.15, 0.2) is 48.7 Å². The van der Waals surface area contributed by atoms with Crippen LogP contribution in [0.5, 0.6) is 5.88 Å². The highest BCUT2D eigenvalue weighted by Crippen LogP contribution is 2.33. The minimum absolute atomic E-state index is 0.00872. The molecule has 1 saturated heterocycles. The summed E-state index contributed by atoms with van der Waals surface area (Å²) in [6, 6.07) is 11.5. The fourth-order valence-corrected chi connectivity index (χ4v) is 3.22. The Balaban J connectivity index is 1.76. The van der Waals surface area contributed by atoms with E-state index in [0.29, 0.717) is 0 Å². The average Bonchev–Trinajstić information content (AvgIpc) is 3.12. The summed E-state index contributed by atoms with van der Waals surface area (Å²) in [7, 11) is 0. The van der Waals surface area contributed by atoms with Gasteiger partial charge in [0.2, 0.25) is 5.88 Å². The summed E-state index contributed by atoms with van der Waals surface area (Å²) in [5.41, 5.74) is 0.902. The molecule has 0 bridgehead atoms. The number of amides is 1. The summed E-state index contributed by atoms with van der Waals surface area (Å²) in [6.07, 6.45) is -3.34. The highest BCUT2D eigenvalue weighted by atomic mass is 19.4. The molecular formula is C19H17F3N2O4. The molecule has 0 aliphatic carbocycles. The van der Waals surface area contributed by atoms with E-state index in [1.165, 1.54) is 17.2 Å². The summed E-state index contributed by atoms with van der Waals surface area (Å²) in [6.45, 7) is -1.31. The predicted molar refractivity (Wildman–Crippen MR) is 92.0 cm³/mol. The molecule has 1 aromatic carbocycles. The summed E-state index contributed by atoms with van der Waals surface area (Å²) >= 11 is 0. The van der Waals surface area contributed by atoms with Gasteiger partial charge in [-0.3, -0.25) is 9.59 Å². The van der Waals surface area contributed by atoms with Gasteiger partial charge in [0.1, 0.15) is 0 Å². The van der Waals surface area contributed by atoms with E-state index >= 15 is 0 Å². The number of benzene rings is 1. The van der Waals surface area contributed by atoms with Gasteiger partial charge in [-0.15, -0.1) is 0 Å². The maximum Gasteiger partial charge on any atom is 0.422 e. The third-order valence-electron chi connectivity index (χ3n) is 4.52. The number of carboxylic acid groups (broad SMARTS) is 1. The highest BCUT2D eigenvalue weighted by Gasteiger charge is 2.40. The molecule has 148 valence electrons. The lowest BCUT2D eigenvalue weighted by Gasteiger charge is -2.17. The minimum Gasteiger partial charge on any atom is -0.481 e. The Hall–Kier alpha value is -3.10. The Labute approximate surface area is 158 Å². The number of carboxylic acids is 1. The third kappa shape index (κ3) is 4.59. The lowest BCUT2D eigenvalue weighted by Crippen LogP contribution is -2.30. The molecule has 1 aliphatic heterocycles. The van der Waals surface area contributed by atoms with E-state index in [-0.39, 0.29) is 30.5 Å². The molecule has 0 saturated carbocycles. The number of rotatable bonds is 5. The first kappa shape index (κ1) is 19.7. The van der Waals surface area contributed by atoms with Gasteiger partial charge < -0.3 is 14.7 Å². The van der Waals surface area contributed by atoms with Crippen molar-refractivity contribution in [3.8, 4) is 5.88 Å². The Morgan fingerprint density at radius 3 is 2.54 bits per heavy atom. The monoisotopic (exact) mass is 394 g/mol. The normalized spacial score (nSPS) is 19.5. The van der Waals surface area contributed by atoms with E-state index in [1.807, 2.05) is 18.2 Å². The van der Waals surface area contributed by atoms with Gasteiger partial charge in [0, 0.05) is 36.8 Å².